The van der Waals surface area contributed by atoms with Gasteiger partial charge in [0, 0.05) is 24.8 Å². The lowest BCUT2D eigenvalue weighted by Crippen LogP contribution is -2.56. The zero-order chi connectivity index (χ0) is 14.9. The summed E-state index contributed by atoms with van der Waals surface area (Å²) >= 11 is 0. The Hall–Kier alpha value is -1.75. The Kier molecular flexibility index (Phi) is 3.90. The van der Waals surface area contributed by atoms with E-state index in [4.69, 9.17) is 5.73 Å². The van der Waals surface area contributed by atoms with E-state index in [1.807, 2.05) is 11.9 Å². The third kappa shape index (κ3) is 2.58. The molecule has 1 fully saturated rings. The normalized spacial score (nSPS) is 16.8. The van der Waals surface area contributed by atoms with E-state index < -0.39 is 5.97 Å². The maximum Gasteiger partial charge on any atom is 0.337 e. The zero-order valence-electron chi connectivity index (χ0n) is 12.4. The van der Waals surface area contributed by atoms with Gasteiger partial charge in [-0.15, -0.1) is 0 Å². The highest BCUT2D eigenvalue weighted by Crippen LogP contribution is 2.38. The SMILES string of the molecule is CN(CC1(N(C)C)CCC1)c1ccc(N)cc1C(=O)O. The van der Waals surface area contributed by atoms with Crippen molar-refractivity contribution in [3.8, 4) is 0 Å². The number of rotatable bonds is 5. The van der Waals surface area contributed by atoms with Crippen molar-refractivity contribution in [3.63, 3.8) is 0 Å². The van der Waals surface area contributed by atoms with Gasteiger partial charge in [0.05, 0.1) is 11.3 Å². The van der Waals surface area contributed by atoms with Crippen LogP contribution in [-0.4, -0.2) is 49.2 Å². The van der Waals surface area contributed by atoms with Gasteiger partial charge in [-0.2, -0.15) is 0 Å². The van der Waals surface area contributed by atoms with Crippen LogP contribution in [0.15, 0.2) is 18.2 Å². The lowest BCUT2D eigenvalue weighted by atomic mass is 9.75. The molecule has 0 radical (unpaired) electrons. The lowest BCUT2D eigenvalue weighted by molar-refractivity contribution is 0.0671. The number of hydrogen-bond acceptors (Lipinski definition) is 4. The van der Waals surface area contributed by atoms with Crippen molar-refractivity contribution >= 4 is 17.3 Å². The highest BCUT2D eigenvalue weighted by atomic mass is 16.4. The van der Waals surface area contributed by atoms with Gasteiger partial charge in [-0.1, -0.05) is 0 Å². The minimum Gasteiger partial charge on any atom is -0.478 e. The molecule has 1 aliphatic rings. The van der Waals surface area contributed by atoms with E-state index in [9.17, 15) is 9.90 Å². The number of nitrogen functional groups attached to an aromatic ring is 1. The van der Waals surface area contributed by atoms with Gasteiger partial charge in [-0.3, -0.25) is 0 Å². The summed E-state index contributed by atoms with van der Waals surface area (Å²) in [5, 5.41) is 9.33. The minimum atomic E-state index is -0.938. The van der Waals surface area contributed by atoms with Crippen molar-refractivity contribution < 1.29 is 9.90 Å². The van der Waals surface area contributed by atoms with Gasteiger partial charge in [0.2, 0.25) is 0 Å². The number of likely N-dealkylation sites (N-methyl/N-ethyl adjacent to an activating group) is 2. The molecule has 0 bridgehead atoms. The van der Waals surface area contributed by atoms with Gasteiger partial charge in [0.25, 0.3) is 0 Å². The highest BCUT2D eigenvalue weighted by molar-refractivity contribution is 5.95. The Balaban J connectivity index is 2.25. The molecular formula is C15H23N3O2. The Morgan fingerprint density at radius 2 is 2.00 bits per heavy atom. The molecule has 5 nitrogen and oxygen atoms in total. The molecule has 1 saturated carbocycles. The molecule has 110 valence electrons. The summed E-state index contributed by atoms with van der Waals surface area (Å²) < 4.78 is 0. The smallest absolute Gasteiger partial charge is 0.337 e. The molecule has 0 saturated heterocycles. The molecule has 1 aromatic carbocycles. The van der Waals surface area contributed by atoms with Crippen molar-refractivity contribution in [2.75, 3.05) is 38.3 Å². The summed E-state index contributed by atoms with van der Waals surface area (Å²) in [6.45, 7) is 0.824. The van der Waals surface area contributed by atoms with Crippen LogP contribution in [0, 0.1) is 0 Å². The molecule has 5 heteroatoms. The molecule has 20 heavy (non-hydrogen) atoms. The van der Waals surface area contributed by atoms with Crippen molar-refractivity contribution in [3.05, 3.63) is 23.8 Å². The molecule has 0 aromatic heterocycles. The summed E-state index contributed by atoms with van der Waals surface area (Å²) in [5.41, 5.74) is 7.31. The highest BCUT2D eigenvalue weighted by Gasteiger charge is 2.40. The first-order valence-electron chi connectivity index (χ1n) is 6.87. The van der Waals surface area contributed by atoms with Crippen molar-refractivity contribution in [2.45, 2.75) is 24.8 Å². The van der Waals surface area contributed by atoms with E-state index in [1.54, 1.807) is 12.1 Å². The maximum absolute atomic E-state index is 11.4. The van der Waals surface area contributed by atoms with Crippen LogP contribution in [0.4, 0.5) is 11.4 Å². The Morgan fingerprint density at radius 1 is 1.35 bits per heavy atom. The number of aromatic carboxylic acids is 1. The third-order valence-corrected chi connectivity index (χ3v) is 4.43. The number of carbonyl (C=O) groups is 1. The van der Waals surface area contributed by atoms with Crippen LogP contribution in [0.3, 0.4) is 0 Å². The Labute approximate surface area is 120 Å². The molecular weight excluding hydrogens is 254 g/mol. The molecule has 2 rings (SSSR count). The van der Waals surface area contributed by atoms with Gasteiger partial charge >= 0.3 is 5.97 Å². The number of hydrogen-bond donors (Lipinski definition) is 2. The van der Waals surface area contributed by atoms with Crippen LogP contribution in [0.25, 0.3) is 0 Å². The average Bonchev–Trinajstić information content (AvgIpc) is 2.32. The van der Waals surface area contributed by atoms with E-state index in [1.165, 1.54) is 12.5 Å². The van der Waals surface area contributed by atoms with Crippen LogP contribution >= 0.6 is 0 Å². The summed E-state index contributed by atoms with van der Waals surface area (Å²) in [5.74, 6) is -0.938. The fourth-order valence-corrected chi connectivity index (χ4v) is 2.92. The van der Waals surface area contributed by atoms with Gasteiger partial charge in [-0.25, -0.2) is 4.79 Å². The average molecular weight is 277 g/mol. The zero-order valence-corrected chi connectivity index (χ0v) is 12.4. The predicted octanol–water partition coefficient (Wildman–Crippen LogP) is 1.89. The number of carboxylic acids is 1. The van der Waals surface area contributed by atoms with Gasteiger partial charge < -0.3 is 20.6 Å². The van der Waals surface area contributed by atoms with Crippen LogP contribution in [0.1, 0.15) is 29.6 Å². The number of nitrogens with zero attached hydrogens (tertiary/aromatic N) is 2. The second-order valence-electron chi connectivity index (χ2n) is 5.91. The fourth-order valence-electron chi connectivity index (χ4n) is 2.92. The van der Waals surface area contributed by atoms with Crippen LogP contribution in [0.2, 0.25) is 0 Å². The topological polar surface area (TPSA) is 69.8 Å². The van der Waals surface area contributed by atoms with E-state index in [0.717, 1.165) is 25.1 Å². The van der Waals surface area contributed by atoms with Gasteiger partial charge in [0.15, 0.2) is 0 Å². The lowest BCUT2D eigenvalue weighted by Gasteiger charge is -2.49. The number of anilines is 2. The third-order valence-electron chi connectivity index (χ3n) is 4.43. The standard InChI is InChI=1S/C15H23N3O2/c1-17(2)15(7-4-8-15)10-18(3)13-6-5-11(16)9-12(13)14(19)20/h5-6,9H,4,7-8,10,16H2,1-3H3,(H,19,20). The number of carboxylic acid groups (broad SMARTS) is 1. The number of benzene rings is 1. The van der Waals surface area contributed by atoms with E-state index in [2.05, 4.69) is 19.0 Å². The van der Waals surface area contributed by atoms with Crippen molar-refractivity contribution in [2.24, 2.45) is 0 Å². The van der Waals surface area contributed by atoms with Crippen molar-refractivity contribution in [1.29, 1.82) is 0 Å². The van der Waals surface area contributed by atoms with Crippen LogP contribution in [-0.2, 0) is 0 Å². The van der Waals surface area contributed by atoms with Crippen LogP contribution < -0.4 is 10.6 Å². The summed E-state index contributed by atoms with van der Waals surface area (Å²) in [6.07, 6.45) is 3.54. The second kappa shape index (κ2) is 5.32. The van der Waals surface area contributed by atoms with Gasteiger partial charge in [-0.05, 0) is 51.6 Å². The monoisotopic (exact) mass is 277 g/mol. The maximum atomic E-state index is 11.4. The first-order chi connectivity index (χ1) is 9.35. The van der Waals surface area contributed by atoms with Gasteiger partial charge in [0.1, 0.15) is 0 Å². The molecule has 1 aromatic rings. The van der Waals surface area contributed by atoms with E-state index in [-0.39, 0.29) is 11.1 Å². The minimum absolute atomic E-state index is 0.159. The molecule has 1 aliphatic carbocycles. The molecule has 0 amide bonds. The summed E-state index contributed by atoms with van der Waals surface area (Å²) in [6, 6.07) is 5.07. The van der Waals surface area contributed by atoms with Crippen LogP contribution in [0.5, 0.6) is 0 Å². The molecule has 0 spiro atoms. The second-order valence-corrected chi connectivity index (χ2v) is 5.91. The summed E-state index contributed by atoms with van der Waals surface area (Å²) in [4.78, 5) is 15.7. The fraction of sp³-hybridized carbons (Fsp3) is 0.533. The first-order valence-corrected chi connectivity index (χ1v) is 6.87. The Bertz CT molecular complexity index is 510. The summed E-state index contributed by atoms with van der Waals surface area (Å²) in [7, 11) is 6.13. The molecule has 0 atom stereocenters. The van der Waals surface area contributed by atoms with E-state index >= 15 is 0 Å². The molecule has 0 aliphatic heterocycles. The van der Waals surface area contributed by atoms with E-state index in [0.29, 0.717) is 5.69 Å². The largest absolute Gasteiger partial charge is 0.478 e. The quantitative estimate of drug-likeness (QED) is 0.804. The number of nitrogens with two attached hydrogens (primary N) is 1. The first kappa shape index (κ1) is 14.7. The molecule has 3 N–H and O–H groups in total. The molecule has 0 heterocycles. The van der Waals surface area contributed by atoms with Crippen molar-refractivity contribution in [1.82, 2.24) is 4.90 Å². The Morgan fingerprint density at radius 3 is 2.45 bits per heavy atom. The molecule has 0 unspecified atom stereocenters. The predicted molar refractivity (Wildman–Crippen MR) is 81.4 cm³/mol.